The van der Waals surface area contributed by atoms with E-state index in [1.165, 1.54) is 0 Å². The lowest BCUT2D eigenvalue weighted by molar-refractivity contribution is 0.174. The van der Waals surface area contributed by atoms with Crippen molar-refractivity contribution in [2.24, 2.45) is 0 Å². The molecule has 78 valence electrons. The van der Waals surface area contributed by atoms with Gasteiger partial charge in [-0.1, -0.05) is 12.1 Å². The molecule has 4 nitrogen and oxygen atoms in total. The molecule has 15 heavy (non-hydrogen) atoms. The van der Waals surface area contributed by atoms with E-state index in [1.54, 1.807) is 24.3 Å². The second-order valence-electron chi connectivity index (χ2n) is 3.45. The largest absolute Gasteiger partial charge is 0.447 e. The van der Waals surface area contributed by atoms with E-state index in [0.29, 0.717) is 11.0 Å². The van der Waals surface area contributed by atoms with Crippen molar-refractivity contribution in [1.82, 2.24) is 4.98 Å². The number of hydrogen-bond acceptors (Lipinski definition) is 4. The number of hydrogen-bond donors (Lipinski definition) is 0. The molecule has 0 amide bonds. The maximum Gasteiger partial charge on any atom is 0.397 e. The van der Waals surface area contributed by atoms with Crippen LogP contribution < -0.4 is 10.3 Å². The van der Waals surface area contributed by atoms with Gasteiger partial charge in [-0.3, -0.25) is 4.79 Å². The molecule has 2 aromatic rings. The average molecular weight is 205 g/mol. The van der Waals surface area contributed by atoms with Crippen molar-refractivity contribution in [3.05, 3.63) is 34.6 Å². The Morgan fingerprint density at radius 1 is 1.33 bits per heavy atom. The van der Waals surface area contributed by atoms with Crippen LogP contribution in [0.15, 0.2) is 33.5 Å². The monoisotopic (exact) mass is 205 g/mol. The van der Waals surface area contributed by atoms with Crippen LogP contribution in [-0.2, 0) is 0 Å². The van der Waals surface area contributed by atoms with E-state index in [0.717, 1.165) is 0 Å². The smallest absolute Gasteiger partial charge is 0.397 e. The molecule has 0 N–H and O–H groups in total. The SMILES string of the molecule is CC(C)Oc1nc(=O)c2ccccc2o1. The maximum absolute atomic E-state index is 11.5. The van der Waals surface area contributed by atoms with Gasteiger partial charge in [0.15, 0.2) is 0 Å². The zero-order valence-corrected chi connectivity index (χ0v) is 8.56. The van der Waals surface area contributed by atoms with Gasteiger partial charge in [0, 0.05) is 0 Å². The Balaban J connectivity index is 2.57. The molecule has 0 unspecified atom stereocenters. The van der Waals surface area contributed by atoms with Crippen molar-refractivity contribution in [3.8, 4) is 6.08 Å². The van der Waals surface area contributed by atoms with Crippen LogP contribution in [-0.4, -0.2) is 11.1 Å². The minimum absolute atomic E-state index is 0.0219. The Kier molecular flexibility index (Phi) is 2.41. The lowest BCUT2D eigenvalue weighted by atomic mass is 10.3. The third-order valence-corrected chi connectivity index (χ3v) is 1.84. The summed E-state index contributed by atoms with van der Waals surface area (Å²) < 4.78 is 10.5. The van der Waals surface area contributed by atoms with Gasteiger partial charge in [-0.25, -0.2) is 0 Å². The summed E-state index contributed by atoms with van der Waals surface area (Å²) in [6.07, 6.45) is -0.0458. The highest BCUT2D eigenvalue weighted by atomic mass is 16.6. The van der Waals surface area contributed by atoms with Gasteiger partial charge in [-0.05, 0) is 26.0 Å². The van der Waals surface area contributed by atoms with Gasteiger partial charge in [0.2, 0.25) is 0 Å². The van der Waals surface area contributed by atoms with Crippen LogP contribution in [0.1, 0.15) is 13.8 Å². The third kappa shape index (κ3) is 1.98. The van der Waals surface area contributed by atoms with Gasteiger partial charge in [-0.15, -0.1) is 4.98 Å². The molecule has 0 aliphatic rings. The van der Waals surface area contributed by atoms with Crippen LogP contribution in [0.5, 0.6) is 6.08 Å². The van der Waals surface area contributed by atoms with E-state index in [-0.39, 0.29) is 17.7 Å². The summed E-state index contributed by atoms with van der Waals surface area (Å²) in [6, 6.07) is 6.95. The fourth-order valence-electron chi connectivity index (χ4n) is 1.24. The standard InChI is InChI=1S/C11H11NO3/c1-7(2)14-11-12-10(13)8-5-3-4-6-9(8)15-11/h3-7H,1-2H3. The van der Waals surface area contributed by atoms with Gasteiger partial charge < -0.3 is 9.15 Å². The first-order valence-corrected chi connectivity index (χ1v) is 4.73. The van der Waals surface area contributed by atoms with Crippen LogP contribution in [0.2, 0.25) is 0 Å². The summed E-state index contributed by atoms with van der Waals surface area (Å²) in [5.41, 5.74) is 0.167. The topological polar surface area (TPSA) is 52.3 Å². The van der Waals surface area contributed by atoms with Crippen molar-refractivity contribution in [1.29, 1.82) is 0 Å². The zero-order valence-electron chi connectivity index (χ0n) is 8.56. The Morgan fingerprint density at radius 3 is 2.80 bits per heavy atom. The molecule has 0 saturated carbocycles. The van der Waals surface area contributed by atoms with E-state index in [2.05, 4.69) is 4.98 Å². The van der Waals surface area contributed by atoms with Gasteiger partial charge >= 0.3 is 6.08 Å². The maximum atomic E-state index is 11.5. The zero-order chi connectivity index (χ0) is 10.8. The van der Waals surface area contributed by atoms with Crippen LogP contribution in [0, 0.1) is 0 Å². The number of nitrogens with zero attached hydrogens (tertiary/aromatic N) is 1. The van der Waals surface area contributed by atoms with Crippen molar-refractivity contribution >= 4 is 11.0 Å². The van der Waals surface area contributed by atoms with Crippen LogP contribution in [0.3, 0.4) is 0 Å². The Labute approximate surface area is 86.5 Å². The van der Waals surface area contributed by atoms with Crippen molar-refractivity contribution in [2.75, 3.05) is 0 Å². The molecule has 0 bridgehead atoms. The van der Waals surface area contributed by atoms with Crippen molar-refractivity contribution in [2.45, 2.75) is 20.0 Å². The number of rotatable bonds is 2. The highest BCUT2D eigenvalue weighted by Crippen LogP contribution is 2.14. The highest BCUT2D eigenvalue weighted by Gasteiger charge is 2.07. The molecule has 0 radical (unpaired) electrons. The lowest BCUT2D eigenvalue weighted by Gasteiger charge is -2.06. The summed E-state index contributed by atoms with van der Waals surface area (Å²) in [6.45, 7) is 3.69. The molecule has 0 spiro atoms. The molecule has 0 aliphatic heterocycles. The normalized spacial score (nSPS) is 10.9. The molecule has 4 heteroatoms. The number of ether oxygens (including phenoxy) is 1. The van der Waals surface area contributed by atoms with E-state index in [9.17, 15) is 4.79 Å². The first-order valence-electron chi connectivity index (χ1n) is 4.73. The number of para-hydroxylation sites is 1. The van der Waals surface area contributed by atoms with Crippen molar-refractivity contribution in [3.63, 3.8) is 0 Å². The van der Waals surface area contributed by atoms with Crippen LogP contribution >= 0.6 is 0 Å². The molecule has 1 heterocycles. The quantitative estimate of drug-likeness (QED) is 0.752. The van der Waals surface area contributed by atoms with Crippen LogP contribution in [0.25, 0.3) is 11.0 Å². The minimum Gasteiger partial charge on any atom is -0.447 e. The van der Waals surface area contributed by atoms with Gasteiger partial charge in [0.25, 0.3) is 5.56 Å². The summed E-state index contributed by atoms with van der Waals surface area (Å²) in [4.78, 5) is 15.2. The molecule has 2 rings (SSSR count). The molecule has 0 fully saturated rings. The fraction of sp³-hybridized carbons (Fsp3) is 0.273. The predicted octanol–water partition coefficient (Wildman–Crippen LogP) is 1.98. The molecule has 0 aliphatic carbocycles. The second kappa shape index (κ2) is 3.73. The summed E-state index contributed by atoms with van der Waals surface area (Å²) in [7, 11) is 0. The van der Waals surface area contributed by atoms with E-state index >= 15 is 0 Å². The minimum atomic E-state index is -0.326. The highest BCUT2D eigenvalue weighted by molar-refractivity contribution is 5.75. The Hall–Kier alpha value is -1.84. The van der Waals surface area contributed by atoms with E-state index < -0.39 is 0 Å². The average Bonchev–Trinajstić information content (AvgIpc) is 2.16. The molecule has 0 saturated heterocycles. The van der Waals surface area contributed by atoms with Crippen molar-refractivity contribution < 1.29 is 9.15 Å². The second-order valence-corrected chi connectivity index (χ2v) is 3.45. The first-order chi connectivity index (χ1) is 7.16. The van der Waals surface area contributed by atoms with E-state index in [1.807, 2.05) is 13.8 Å². The molecule has 1 aromatic carbocycles. The Bertz CT molecular complexity index is 531. The van der Waals surface area contributed by atoms with Gasteiger partial charge in [-0.2, -0.15) is 0 Å². The third-order valence-electron chi connectivity index (χ3n) is 1.84. The summed E-state index contributed by atoms with van der Waals surface area (Å²) in [5.74, 6) is 0. The first kappa shape index (κ1) is 9.71. The molecular formula is C11H11NO3. The Morgan fingerprint density at radius 2 is 2.07 bits per heavy atom. The number of aromatic nitrogens is 1. The lowest BCUT2D eigenvalue weighted by Crippen LogP contribution is -2.12. The summed E-state index contributed by atoms with van der Waals surface area (Å²) >= 11 is 0. The van der Waals surface area contributed by atoms with E-state index in [4.69, 9.17) is 9.15 Å². The number of benzene rings is 1. The predicted molar refractivity (Wildman–Crippen MR) is 56.0 cm³/mol. The number of fused-ring (bicyclic) bond motifs is 1. The fourth-order valence-corrected chi connectivity index (χ4v) is 1.24. The molecule has 0 atom stereocenters. The van der Waals surface area contributed by atoms with Crippen LogP contribution in [0.4, 0.5) is 0 Å². The van der Waals surface area contributed by atoms with Gasteiger partial charge in [0.05, 0.1) is 11.5 Å². The summed E-state index contributed by atoms with van der Waals surface area (Å²) in [5, 5.41) is 0.466. The molecular weight excluding hydrogens is 194 g/mol. The molecule has 1 aromatic heterocycles. The van der Waals surface area contributed by atoms with Gasteiger partial charge in [0.1, 0.15) is 5.58 Å².